The maximum absolute atomic E-state index is 14.8. The van der Waals surface area contributed by atoms with Crippen LogP contribution in [0.2, 0.25) is 0 Å². The fourth-order valence-corrected chi connectivity index (χ4v) is 6.68. The van der Waals surface area contributed by atoms with Crippen LogP contribution in [0.4, 0.5) is 14.5 Å². The smallest absolute Gasteiger partial charge is 0.137 e. The van der Waals surface area contributed by atoms with Gasteiger partial charge in [0.2, 0.25) is 0 Å². The molecule has 1 unspecified atom stereocenters. The van der Waals surface area contributed by atoms with Crippen molar-refractivity contribution in [3.8, 4) is 0 Å². The number of benzene rings is 3. The van der Waals surface area contributed by atoms with Crippen LogP contribution in [0.15, 0.2) is 85.5 Å². The topological polar surface area (TPSA) is 69.5 Å². The summed E-state index contributed by atoms with van der Waals surface area (Å²) in [6, 6.07) is 23.7. The van der Waals surface area contributed by atoms with Crippen LogP contribution in [0.25, 0.3) is 0 Å². The Labute approximate surface area is 252 Å². The van der Waals surface area contributed by atoms with Crippen molar-refractivity contribution < 1.29 is 13.9 Å². The summed E-state index contributed by atoms with van der Waals surface area (Å²) in [6.07, 6.45) is 8.02. The van der Waals surface area contributed by atoms with Gasteiger partial charge in [-0.3, -0.25) is 4.90 Å². The predicted molar refractivity (Wildman–Crippen MR) is 164 cm³/mol. The first-order valence-corrected chi connectivity index (χ1v) is 15.3. The molecule has 2 fully saturated rings. The number of β-amino-alcohol motifs (C(OH)–C–C–N with tert-alkyl or cyclic N) is 1. The number of rotatable bonds is 10. The Hall–Kier alpha value is -3.66. The SMILES string of the molecule is OC(CN1CCC(N2CCC(Nc3ccc(Cc4ccccc4)cc3)CC2)CC1)(Cn1cncn1)c1ccc(F)cc1F. The molecule has 2 aliphatic heterocycles. The third-order valence-corrected chi connectivity index (χ3v) is 8.99. The van der Waals surface area contributed by atoms with Crippen LogP contribution < -0.4 is 5.32 Å². The molecule has 4 aromatic rings. The lowest BCUT2D eigenvalue weighted by Gasteiger charge is -2.43. The Morgan fingerprint density at radius 2 is 1.56 bits per heavy atom. The largest absolute Gasteiger partial charge is 0.382 e. The maximum atomic E-state index is 14.8. The molecule has 0 saturated carbocycles. The van der Waals surface area contributed by atoms with Crippen molar-refractivity contribution in [2.75, 3.05) is 38.0 Å². The summed E-state index contributed by atoms with van der Waals surface area (Å²) in [5.74, 6) is -1.42. The van der Waals surface area contributed by atoms with Gasteiger partial charge in [0.05, 0.1) is 6.54 Å². The first kappa shape index (κ1) is 29.4. The zero-order valence-corrected chi connectivity index (χ0v) is 24.5. The molecular weight excluding hydrogens is 546 g/mol. The summed E-state index contributed by atoms with van der Waals surface area (Å²) in [5.41, 5.74) is 2.33. The van der Waals surface area contributed by atoms with E-state index < -0.39 is 17.2 Å². The molecule has 0 bridgehead atoms. The van der Waals surface area contributed by atoms with Gasteiger partial charge in [-0.25, -0.2) is 18.4 Å². The molecule has 3 heterocycles. The molecule has 1 aromatic heterocycles. The normalized spacial score (nSPS) is 18.9. The minimum Gasteiger partial charge on any atom is -0.382 e. The van der Waals surface area contributed by atoms with Gasteiger partial charge in [-0.15, -0.1) is 0 Å². The first-order valence-electron chi connectivity index (χ1n) is 15.3. The van der Waals surface area contributed by atoms with Crippen molar-refractivity contribution in [1.82, 2.24) is 24.6 Å². The van der Waals surface area contributed by atoms with Crippen LogP contribution in [-0.2, 0) is 18.6 Å². The number of halogens is 2. The van der Waals surface area contributed by atoms with Crippen LogP contribution >= 0.6 is 0 Å². The zero-order valence-electron chi connectivity index (χ0n) is 24.5. The van der Waals surface area contributed by atoms with Crippen LogP contribution in [0.5, 0.6) is 0 Å². The van der Waals surface area contributed by atoms with Crippen LogP contribution in [0.3, 0.4) is 0 Å². The van der Waals surface area contributed by atoms with Crippen LogP contribution in [0.1, 0.15) is 42.4 Å². The van der Waals surface area contributed by atoms with Crippen molar-refractivity contribution >= 4 is 5.69 Å². The van der Waals surface area contributed by atoms with E-state index in [1.807, 2.05) is 0 Å². The molecule has 1 atom stereocenters. The van der Waals surface area contributed by atoms with E-state index in [9.17, 15) is 13.9 Å². The monoisotopic (exact) mass is 586 g/mol. The van der Waals surface area contributed by atoms with Crippen LogP contribution in [0, 0.1) is 11.6 Å². The number of anilines is 1. The highest BCUT2D eigenvalue weighted by atomic mass is 19.1. The predicted octanol–water partition coefficient (Wildman–Crippen LogP) is 5.08. The third kappa shape index (κ3) is 7.47. The molecule has 0 spiro atoms. The second kappa shape index (κ2) is 13.3. The molecule has 0 aliphatic carbocycles. The number of piperidine rings is 2. The lowest BCUT2D eigenvalue weighted by molar-refractivity contribution is -0.0323. The Kier molecular flexibility index (Phi) is 9.11. The van der Waals surface area contributed by atoms with Gasteiger partial charge >= 0.3 is 0 Å². The van der Waals surface area contributed by atoms with Gasteiger partial charge in [0.15, 0.2) is 0 Å². The van der Waals surface area contributed by atoms with Gasteiger partial charge in [-0.05, 0) is 74.5 Å². The fourth-order valence-electron chi connectivity index (χ4n) is 6.68. The quantitative estimate of drug-likeness (QED) is 0.270. The maximum Gasteiger partial charge on any atom is 0.137 e. The highest BCUT2D eigenvalue weighted by Crippen LogP contribution is 2.30. The Morgan fingerprint density at radius 3 is 2.23 bits per heavy atom. The summed E-state index contributed by atoms with van der Waals surface area (Å²) in [5, 5.41) is 19.6. The summed E-state index contributed by atoms with van der Waals surface area (Å²) >= 11 is 0. The molecule has 226 valence electrons. The standard InChI is InChI=1S/C34H40F2N6O/c35-28-8-11-32(33(36)21-28)34(43,23-42-25-37-24-38-42)22-40-16-14-31(15-17-40)41-18-12-30(13-19-41)39-29-9-6-27(7-10-29)20-26-4-2-1-3-5-26/h1-11,21,24-25,30-31,39,43H,12-20,22-23H2. The zero-order chi connectivity index (χ0) is 29.6. The highest BCUT2D eigenvalue weighted by Gasteiger charge is 2.37. The number of likely N-dealkylation sites (tertiary alicyclic amines) is 2. The molecule has 43 heavy (non-hydrogen) atoms. The molecule has 7 nitrogen and oxygen atoms in total. The van der Waals surface area contributed by atoms with Crippen molar-refractivity contribution in [3.63, 3.8) is 0 Å². The molecule has 9 heteroatoms. The second-order valence-electron chi connectivity index (χ2n) is 12.1. The van der Waals surface area contributed by atoms with E-state index in [1.54, 1.807) is 0 Å². The van der Waals surface area contributed by atoms with Crippen molar-refractivity contribution in [3.05, 3.63) is 114 Å². The highest BCUT2D eigenvalue weighted by molar-refractivity contribution is 5.46. The van der Waals surface area contributed by atoms with E-state index in [0.717, 1.165) is 64.3 Å². The number of aromatic nitrogens is 3. The summed E-state index contributed by atoms with van der Waals surface area (Å²) in [6.45, 7) is 4.00. The Morgan fingerprint density at radius 1 is 0.837 bits per heavy atom. The minimum absolute atomic E-state index is 0.0335. The molecule has 6 rings (SSSR count). The van der Waals surface area contributed by atoms with E-state index in [2.05, 4.69) is 79.8 Å². The summed E-state index contributed by atoms with van der Waals surface area (Å²) in [4.78, 5) is 8.75. The molecule has 0 radical (unpaired) electrons. The molecule has 0 amide bonds. The van der Waals surface area contributed by atoms with E-state index >= 15 is 0 Å². The average molecular weight is 587 g/mol. The van der Waals surface area contributed by atoms with Crippen molar-refractivity contribution in [2.45, 2.75) is 56.3 Å². The fraction of sp³-hybridized carbons (Fsp3) is 0.412. The van der Waals surface area contributed by atoms with E-state index in [4.69, 9.17) is 0 Å². The van der Waals surface area contributed by atoms with Gasteiger partial charge < -0.3 is 15.3 Å². The number of nitrogens with one attached hydrogen (secondary N) is 1. The lowest BCUT2D eigenvalue weighted by Crippen LogP contribution is -2.52. The molecule has 2 N–H and O–H groups in total. The molecule has 2 aliphatic rings. The van der Waals surface area contributed by atoms with Gasteiger partial charge in [-0.2, -0.15) is 5.10 Å². The van der Waals surface area contributed by atoms with Gasteiger partial charge in [0, 0.05) is 49.0 Å². The van der Waals surface area contributed by atoms with Gasteiger partial charge in [0.25, 0.3) is 0 Å². The van der Waals surface area contributed by atoms with Gasteiger partial charge in [0.1, 0.15) is 29.9 Å². The third-order valence-electron chi connectivity index (χ3n) is 8.99. The number of hydrogen-bond acceptors (Lipinski definition) is 6. The number of hydrogen-bond donors (Lipinski definition) is 2. The number of aliphatic hydroxyl groups is 1. The van der Waals surface area contributed by atoms with Crippen LogP contribution in [-0.4, -0.2) is 74.5 Å². The van der Waals surface area contributed by atoms with Crippen molar-refractivity contribution in [1.29, 1.82) is 0 Å². The summed E-state index contributed by atoms with van der Waals surface area (Å²) < 4.78 is 30.0. The van der Waals surface area contributed by atoms with E-state index in [1.165, 1.54) is 46.3 Å². The minimum atomic E-state index is -1.57. The first-order chi connectivity index (χ1) is 20.9. The lowest BCUT2D eigenvalue weighted by atomic mass is 9.90. The van der Waals surface area contributed by atoms with E-state index in [0.29, 0.717) is 12.1 Å². The molecular formula is C34H40F2N6O. The summed E-state index contributed by atoms with van der Waals surface area (Å²) in [7, 11) is 0. The number of nitrogens with zero attached hydrogens (tertiary/aromatic N) is 5. The molecule has 3 aromatic carbocycles. The Bertz CT molecular complexity index is 1440. The Balaban J connectivity index is 0.985. The average Bonchev–Trinajstić information content (AvgIpc) is 3.52. The van der Waals surface area contributed by atoms with Gasteiger partial charge in [-0.1, -0.05) is 48.5 Å². The molecule has 2 saturated heterocycles. The second-order valence-corrected chi connectivity index (χ2v) is 12.1. The van der Waals surface area contributed by atoms with E-state index in [-0.39, 0.29) is 18.7 Å². The van der Waals surface area contributed by atoms with Crippen molar-refractivity contribution in [2.24, 2.45) is 0 Å².